The van der Waals surface area contributed by atoms with Crippen LogP contribution in [0.2, 0.25) is 0 Å². The fourth-order valence-electron chi connectivity index (χ4n) is 3.83. The summed E-state index contributed by atoms with van der Waals surface area (Å²) in [6, 6.07) is 24.7. The van der Waals surface area contributed by atoms with Crippen molar-refractivity contribution >= 4 is 5.69 Å². The van der Waals surface area contributed by atoms with E-state index in [1.165, 1.54) is 12.1 Å². The second-order valence-electron chi connectivity index (χ2n) is 7.59. The highest BCUT2D eigenvalue weighted by atomic mass is 19.1. The molecule has 0 saturated carbocycles. The third kappa shape index (κ3) is 5.17. The second-order valence-corrected chi connectivity index (χ2v) is 7.59. The zero-order valence-corrected chi connectivity index (χ0v) is 17.0. The standard InChI is InChI=1S/C25H27FN2O2/c26-21-10-12-22(13-11-21)28-16-14-27(15-17-28)18-23(29)19-30-25-9-5-4-8-24(25)20-6-2-1-3-7-20/h1-13,23,29H,14-19H2/t23-/m0/s1. The molecule has 1 N–H and O–H groups in total. The van der Waals surface area contributed by atoms with Crippen molar-refractivity contribution in [1.82, 2.24) is 4.90 Å². The van der Waals surface area contributed by atoms with Gasteiger partial charge in [0.15, 0.2) is 0 Å². The van der Waals surface area contributed by atoms with E-state index < -0.39 is 6.10 Å². The molecule has 1 saturated heterocycles. The van der Waals surface area contributed by atoms with Crippen molar-refractivity contribution in [1.29, 1.82) is 0 Å². The Labute approximate surface area is 177 Å². The van der Waals surface area contributed by atoms with E-state index in [0.717, 1.165) is 48.7 Å². The molecule has 4 nitrogen and oxygen atoms in total. The van der Waals surface area contributed by atoms with Crippen molar-refractivity contribution in [3.05, 3.63) is 84.7 Å². The minimum absolute atomic E-state index is 0.214. The molecular formula is C25H27FN2O2. The summed E-state index contributed by atoms with van der Waals surface area (Å²) in [7, 11) is 0. The molecule has 1 fully saturated rings. The fourth-order valence-corrected chi connectivity index (χ4v) is 3.83. The molecule has 0 radical (unpaired) electrons. The van der Waals surface area contributed by atoms with Gasteiger partial charge < -0.3 is 14.7 Å². The zero-order chi connectivity index (χ0) is 20.8. The Bertz CT molecular complexity index is 925. The molecule has 30 heavy (non-hydrogen) atoms. The average Bonchev–Trinajstić information content (AvgIpc) is 2.80. The molecule has 156 valence electrons. The van der Waals surface area contributed by atoms with Crippen molar-refractivity contribution in [3.8, 4) is 16.9 Å². The highest BCUT2D eigenvalue weighted by Crippen LogP contribution is 2.29. The fraction of sp³-hybridized carbons (Fsp3) is 0.280. The Morgan fingerprint density at radius 1 is 0.833 bits per heavy atom. The van der Waals surface area contributed by atoms with Crippen LogP contribution in [0.15, 0.2) is 78.9 Å². The van der Waals surface area contributed by atoms with Crippen LogP contribution in [0.4, 0.5) is 10.1 Å². The highest BCUT2D eigenvalue weighted by Gasteiger charge is 2.20. The van der Waals surface area contributed by atoms with E-state index in [9.17, 15) is 9.50 Å². The number of hydrogen-bond donors (Lipinski definition) is 1. The SMILES string of the molecule is O[C@H](COc1ccccc1-c1ccccc1)CN1CCN(c2ccc(F)cc2)CC1. The molecule has 3 aromatic rings. The summed E-state index contributed by atoms with van der Waals surface area (Å²) in [6.07, 6.45) is -0.564. The van der Waals surface area contributed by atoms with Gasteiger partial charge in [0.25, 0.3) is 0 Å². The lowest BCUT2D eigenvalue weighted by Crippen LogP contribution is -2.49. The van der Waals surface area contributed by atoms with Crippen LogP contribution in [0, 0.1) is 5.82 Å². The number of benzene rings is 3. The Kier molecular flexibility index (Phi) is 6.62. The van der Waals surface area contributed by atoms with Crippen LogP contribution < -0.4 is 9.64 Å². The zero-order valence-electron chi connectivity index (χ0n) is 17.0. The quantitative estimate of drug-likeness (QED) is 0.642. The summed E-state index contributed by atoms with van der Waals surface area (Å²) >= 11 is 0. The van der Waals surface area contributed by atoms with Crippen LogP contribution in [0.25, 0.3) is 11.1 Å². The molecule has 0 unspecified atom stereocenters. The average molecular weight is 407 g/mol. The van der Waals surface area contributed by atoms with Crippen LogP contribution in [0.1, 0.15) is 0 Å². The molecule has 0 aliphatic carbocycles. The van der Waals surface area contributed by atoms with Crippen LogP contribution >= 0.6 is 0 Å². The normalized spacial score (nSPS) is 15.7. The third-order valence-corrected chi connectivity index (χ3v) is 5.44. The lowest BCUT2D eigenvalue weighted by atomic mass is 10.1. The number of anilines is 1. The number of nitrogens with zero attached hydrogens (tertiary/aromatic N) is 2. The van der Waals surface area contributed by atoms with E-state index in [1.807, 2.05) is 54.6 Å². The van der Waals surface area contributed by atoms with Crippen LogP contribution in [-0.4, -0.2) is 55.4 Å². The maximum Gasteiger partial charge on any atom is 0.127 e. The van der Waals surface area contributed by atoms with Crippen molar-refractivity contribution in [3.63, 3.8) is 0 Å². The number of aliphatic hydroxyl groups excluding tert-OH is 1. The number of hydrogen-bond acceptors (Lipinski definition) is 4. The van der Waals surface area contributed by atoms with Gasteiger partial charge in [0, 0.05) is 44.0 Å². The minimum Gasteiger partial charge on any atom is -0.490 e. The molecule has 0 spiro atoms. The third-order valence-electron chi connectivity index (χ3n) is 5.44. The van der Waals surface area contributed by atoms with Gasteiger partial charge in [-0.25, -0.2) is 4.39 Å². The number of para-hydroxylation sites is 1. The van der Waals surface area contributed by atoms with E-state index in [2.05, 4.69) is 21.9 Å². The van der Waals surface area contributed by atoms with E-state index >= 15 is 0 Å². The predicted octanol–water partition coefficient (Wildman–Crippen LogP) is 4.05. The Hall–Kier alpha value is -2.89. The van der Waals surface area contributed by atoms with Crippen LogP contribution in [0.3, 0.4) is 0 Å². The molecule has 1 aliphatic rings. The molecule has 1 heterocycles. The summed E-state index contributed by atoms with van der Waals surface area (Å²) in [6.45, 7) is 4.25. The number of rotatable bonds is 7. The first-order chi connectivity index (χ1) is 14.7. The van der Waals surface area contributed by atoms with E-state index in [-0.39, 0.29) is 12.4 Å². The van der Waals surface area contributed by atoms with E-state index in [0.29, 0.717) is 6.54 Å². The predicted molar refractivity (Wildman–Crippen MR) is 118 cm³/mol. The van der Waals surface area contributed by atoms with E-state index in [1.54, 1.807) is 0 Å². The first-order valence-electron chi connectivity index (χ1n) is 10.4. The van der Waals surface area contributed by atoms with Crippen molar-refractivity contribution in [2.45, 2.75) is 6.10 Å². The smallest absolute Gasteiger partial charge is 0.127 e. The summed E-state index contributed by atoms with van der Waals surface area (Å²) in [5, 5.41) is 10.5. The monoisotopic (exact) mass is 406 g/mol. The molecule has 5 heteroatoms. The lowest BCUT2D eigenvalue weighted by Gasteiger charge is -2.36. The number of aliphatic hydroxyl groups is 1. The molecule has 0 aromatic heterocycles. The summed E-state index contributed by atoms with van der Waals surface area (Å²) in [5.74, 6) is 0.568. The minimum atomic E-state index is -0.564. The lowest BCUT2D eigenvalue weighted by molar-refractivity contribution is 0.0665. The maximum absolute atomic E-state index is 13.1. The Morgan fingerprint density at radius 3 is 2.23 bits per heavy atom. The van der Waals surface area contributed by atoms with Gasteiger partial charge in [-0.15, -0.1) is 0 Å². The second kappa shape index (κ2) is 9.74. The van der Waals surface area contributed by atoms with Crippen molar-refractivity contribution in [2.75, 3.05) is 44.2 Å². The van der Waals surface area contributed by atoms with Crippen LogP contribution in [0.5, 0.6) is 5.75 Å². The topological polar surface area (TPSA) is 35.9 Å². The van der Waals surface area contributed by atoms with Gasteiger partial charge >= 0.3 is 0 Å². The van der Waals surface area contributed by atoms with Gasteiger partial charge in [0.1, 0.15) is 24.3 Å². The summed E-state index contributed by atoms with van der Waals surface area (Å²) < 4.78 is 19.1. The van der Waals surface area contributed by atoms with E-state index in [4.69, 9.17) is 4.74 Å². The molecule has 4 rings (SSSR count). The van der Waals surface area contributed by atoms with Gasteiger partial charge in [-0.1, -0.05) is 48.5 Å². The molecule has 1 aliphatic heterocycles. The Morgan fingerprint density at radius 2 is 1.50 bits per heavy atom. The van der Waals surface area contributed by atoms with Gasteiger partial charge in [0.2, 0.25) is 0 Å². The molecule has 1 atom stereocenters. The maximum atomic E-state index is 13.1. The Balaban J connectivity index is 1.27. The van der Waals surface area contributed by atoms with Gasteiger partial charge in [-0.3, -0.25) is 4.90 Å². The van der Waals surface area contributed by atoms with Gasteiger partial charge in [-0.05, 0) is 35.9 Å². The van der Waals surface area contributed by atoms with Gasteiger partial charge in [0.05, 0.1) is 0 Å². The number of β-amino-alcohol motifs (C(OH)–C–C–N with tert-alkyl or cyclic N) is 1. The number of piperazine rings is 1. The first-order valence-corrected chi connectivity index (χ1v) is 10.4. The molecule has 0 bridgehead atoms. The number of ether oxygens (including phenoxy) is 1. The van der Waals surface area contributed by atoms with Gasteiger partial charge in [-0.2, -0.15) is 0 Å². The summed E-state index contributed by atoms with van der Waals surface area (Å²) in [4.78, 5) is 4.49. The summed E-state index contributed by atoms with van der Waals surface area (Å²) in [5.41, 5.74) is 3.16. The van der Waals surface area contributed by atoms with Crippen LogP contribution in [-0.2, 0) is 0 Å². The number of halogens is 1. The first kappa shape index (κ1) is 20.4. The molecular weight excluding hydrogens is 379 g/mol. The largest absolute Gasteiger partial charge is 0.490 e. The van der Waals surface area contributed by atoms with Crippen molar-refractivity contribution < 1.29 is 14.2 Å². The molecule has 3 aromatic carbocycles. The van der Waals surface area contributed by atoms with Crippen molar-refractivity contribution in [2.24, 2.45) is 0 Å². The molecule has 0 amide bonds. The highest BCUT2D eigenvalue weighted by molar-refractivity contribution is 5.70.